The van der Waals surface area contributed by atoms with Gasteiger partial charge in [-0.3, -0.25) is 0 Å². The van der Waals surface area contributed by atoms with Crippen LogP contribution < -0.4 is 10.1 Å². The van der Waals surface area contributed by atoms with E-state index < -0.39 is 0 Å². The molecule has 0 radical (unpaired) electrons. The van der Waals surface area contributed by atoms with Crippen LogP contribution in [0.2, 0.25) is 0 Å². The minimum Gasteiger partial charge on any atom is -0.457 e. The predicted molar refractivity (Wildman–Crippen MR) is 89.1 cm³/mol. The molecule has 0 amide bonds. The summed E-state index contributed by atoms with van der Waals surface area (Å²) in [5.41, 5.74) is 3.67. The number of hydrogen-bond acceptors (Lipinski definition) is 2. The molecule has 2 nitrogen and oxygen atoms in total. The first kappa shape index (κ1) is 15.6. The van der Waals surface area contributed by atoms with Crippen LogP contribution in [0.1, 0.15) is 37.0 Å². The molecule has 0 spiro atoms. The summed E-state index contributed by atoms with van der Waals surface area (Å²) < 4.78 is 6.15. The molecule has 0 heterocycles. The fourth-order valence-corrected chi connectivity index (χ4v) is 2.29. The summed E-state index contributed by atoms with van der Waals surface area (Å²) in [5, 5.41) is 3.43. The van der Waals surface area contributed by atoms with E-state index in [0.717, 1.165) is 37.4 Å². The SMILES string of the molecule is CCCNCc1ccc(C)c(Oc2ccccc2CC)c1. The van der Waals surface area contributed by atoms with Crippen LogP contribution in [0.5, 0.6) is 11.5 Å². The Bertz CT molecular complexity index is 578. The van der Waals surface area contributed by atoms with Crippen LogP contribution in [-0.4, -0.2) is 6.54 Å². The maximum atomic E-state index is 6.15. The van der Waals surface area contributed by atoms with Gasteiger partial charge < -0.3 is 10.1 Å². The van der Waals surface area contributed by atoms with Gasteiger partial charge in [-0.05, 0) is 55.1 Å². The van der Waals surface area contributed by atoms with Crippen molar-refractivity contribution in [3.63, 3.8) is 0 Å². The summed E-state index contributed by atoms with van der Waals surface area (Å²) in [5.74, 6) is 1.91. The summed E-state index contributed by atoms with van der Waals surface area (Å²) in [6.45, 7) is 8.36. The van der Waals surface area contributed by atoms with Gasteiger partial charge in [0, 0.05) is 6.54 Å². The third-order valence-electron chi connectivity index (χ3n) is 3.58. The van der Waals surface area contributed by atoms with E-state index in [1.54, 1.807) is 0 Å². The van der Waals surface area contributed by atoms with Gasteiger partial charge in [-0.15, -0.1) is 0 Å². The third-order valence-corrected chi connectivity index (χ3v) is 3.58. The average molecular weight is 283 g/mol. The largest absolute Gasteiger partial charge is 0.457 e. The Balaban J connectivity index is 2.16. The highest BCUT2D eigenvalue weighted by Crippen LogP contribution is 2.29. The zero-order chi connectivity index (χ0) is 15.1. The minimum atomic E-state index is 0.889. The summed E-state index contributed by atoms with van der Waals surface area (Å²) in [6, 6.07) is 14.7. The van der Waals surface area contributed by atoms with Crippen LogP contribution >= 0.6 is 0 Å². The third kappa shape index (κ3) is 4.33. The standard InChI is InChI=1S/C19H25NO/c1-4-12-20-14-16-11-10-15(3)19(13-16)21-18-9-7-6-8-17(18)5-2/h6-11,13,20H,4-5,12,14H2,1-3H3. The van der Waals surface area contributed by atoms with Crippen LogP contribution in [0, 0.1) is 6.92 Å². The molecule has 0 atom stereocenters. The number of para-hydroxylation sites is 1. The number of benzene rings is 2. The first-order chi connectivity index (χ1) is 10.2. The maximum absolute atomic E-state index is 6.15. The molecule has 0 aliphatic rings. The van der Waals surface area contributed by atoms with Crippen molar-refractivity contribution in [3.8, 4) is 11.5 Å². The van der Waals surface area contributed by atoms with Crippen molar-refractivity contribution in [2.24, 2.45) is 0 Å². The summed E-state index contributed by atoms with van der Waals surface area (Å²) in [4.78, 5) is 0. The van der Waals surface area contributed by atoms with E-state index in [1.807, 2.05) is 12.1 Å². The zero-order valence-corrected chi connectivity index (χ0v) is 13.3. The molecule has 1 N–H and O–H groups in total. The molecule has 0 fully saturated rings. The van der Waals surface area contributed by atoms with Gasteiger partial charge in [-0.25, -0.2) is 0 Å². The normalized spacial score (nSPS) is 10.6. The smallest absolute Gasteiger partial charge is 0.130 e. The van der Waals surface area contributed by atoms with Crippen molar-refractivity contribution in [3.05, 3.63) is 59.2 Å². The first-order valence-electron chi connectivity index (χ1n) is 7.80. The fourth-order valence-electron chi connectivity index (χ4n) is 2.29. The summed E-state index contributed by atoms with van der Waals surface area (Å²) >= 11 is 0. The van der Waals surface area contributed by atoms with Crippen LogP contribution in [0.4, 0.5) is 0 Å². The monoisotopic (exact) mass is 283 g/mol. The highest BCUT2D eigenvalue weighted by atomic mass is 16.5. The molecule has 0 aliphatic carbocycles. The number of nitrogens with one attached hydrogen (secondary N) is 1. The van der Waals surface area contributed by atoms with E-state index in [9.17, 15) is 0 Å². The van der Waals surface area contributed by atoms with Gasteiger partial charge in [0.15, 0.2) is 0 Å². The van der Waals surface area contributed by atoms with Gasteiger partial charge in [0.2, 0.25) is 0 Å². The van der Waals surface area contributed by atoms with Gasteiger partial charge in [0.25, 0.3) is 0 Å². The van der Waals surface area contributed by atoms with Crippen molar-refractivity contribution in [1.82, 2.24) is 5.32 Å². The van der Waals surface area contributed by atoms with Crippen molar-refractivity contribution in [2.45, 2.75) is 40.2 Å². The van der Waals surface area contributed by atoms with Crippen LogP contribution in [0.3, 0.4) is 0 Å². The molecule has 21 heavy (non-hydrogen) atoms. The Labute approximate surface area is 128 Å². The number of aryl methyl sites for hydroxylation is 2. The molecule has 2 heteroatoms. The average Bonchev–Trinajstić information content (AvgIpc) is 2.51. The zero-order valence-electron chi connectivity index (χ0n) is 13.3. The van der Waals surface area contributed by atoms with E-state index in [4.69, 9.17) is 4.74 Å². The molecular weight excluding hydrogens is 258 g/mol. The van der Waals surface area contributed by atoms with E-state index in [2.05, 4.69) is 56.4 Å². The number of rotatable bonds is 7. The minimum absolute atomic E-state index is 0.889. The fraction of sp³-hybridized carbons (Fsp3) is 0.368. The molecule has 0 aliphatic heterocycles. The Morgan fingerprint density at radius 2 is 1.81 bits per heavy atom. The second kappa shape index (κ2) is 7.84. The van der Waals surface area contributed by atoms with E-state index >= 15 is 0 Å². The van der Waals surface area contributed by atoms with Gasteiger partial charge in [-0.1, -0.05) is 44.2 Å². The molecule has 0 bridgehead atoms. The Morgan fingerprint density at radius 3 is 2.57 bits per heavy atom. The molecular formula is C19H25NO. The predicted octanol–water partition coefficient (Wildman–Crippen LogP) is 4.85. The van der Waals surface area contributed by atoms with Gasteiger partial charge in [0.05, 0.1) is 0 Å². The van der Waals surface area contributed by atoms with E-state index in [0.29, 0.717) is 0 Å². The lowest BCUT2D eigenvalue weighted by atomic mass is 10.1. The quantitative estimate of drug-likeness (QED) is 0.733. The molecule has 0 saturated carbocycles. The van der Waals surface area contributed by atoms with Gasteiger partial charge in [-0.2, -0.15) is 0 Å². The lowest BCUT2D eigenvalue weighted by Gasteiger charge is -2.13. The topological polar surface area (TPSA) is 21.3 Å². The highest BCUT2D eigenvalue weighted by molar-refractivity contribution is 5.42. The molecule has 0 unspecified atom stereocenters. The Kier molecular flexibility index (Phi) is 5.82. The second-order valence-electron chi connectivity index (χ2n) is 5.34. The molecule has 2 aromatic carbocycles. The Hall–Kier alpha value is -1.80. The first-order valence-corrected chi connectivity index (χ1v) is 7.80. The summed E-state index contributed by atoms with van der Waals surface area (Å²) in [6.07, 6.45) is 2.13. The highest BCUT2D eigenvalue weighted by Gasteiger charge is 2.06. The lowest BCUT2D eigenvalue weighted by molar-refractivity contribution is 0.472. The number of ether oxygens (including phenoxy) is 1. The van der Waals surface area contributed by atoms with Gasteiger partial charge >= 0.3 is 0 Å². The molecule has 2 rings (SSSR count). The van der Waals surface area contributed by atoms with Crippen molar-refractivity contribution in [1.29, 1.82) is 0 Å². The molecule has 0 saturated heterocycles. The Morgan fingerprint density at radius 1 is 1.00 bits per heavy atom. The summed E-state index contributed by atoms with van der Waals surface area (Å²) in [7, 11) is 0. The molecule has 2 aromatic rings. The molecule has 112 valence electrons. The van der Waals surface area contributed by atoms with E-state index in [1.165, 1.54) is 16.7 Å². The van der Waals surface area contributed by atoms with E-state index in [-0.39, 0.29) is 0 Å². The van der Waals surface area contributed by atoms with Gasteiger partial charge in [0.1, 0.15) is 11.5 Å². The van der Waals surface area contributed by atoms with Crippen LogP contribution in [0.15, 0.2) is 42.5 Å². The van der Waals surface area contributed by atoms with Crippen molar-refractivity contribution < 1.29 is 4.74 Å². The van der Waals surface area contributed by atoms with Crippen molar-refractivity contribution in [2.75, 3.05) is 6.54 Å². The number of hydrogen-bond donors (Lipinski definition) is 1. The van der Waals surface area contributed by atoms with Crippen molar-refractivity contribution >= 4 is 0 Å². The van der Waals surface area contributed by atoms with Crippen LogP contribution in [0.25, 0.3) is 0 Å². The van der Waals surface area contributed by atoms with Crippen LogP contribution in [-0.2, 0) is 13.0 Å². The second-order valence-corrected chi connectivity index (χ2v) is 5.34. The lowest BCUT2D eigenvalue weighted by Crippen LogP contribution is -2.13. The maximum Gasteiger partial charge on any atom is 0.130 e. The molecule has 0 aromatic heterocycles.